The lowest BCUT2D eigenvalue weighted by Gasteiger charge is -2.10. The number of benzene rings is 2. The molecule has 3 rings (SSSR count). The Bertz CT molecular complexity index is 846. The molecule has 1 aromatic heterocycles. The number of nitrogens with one attached hydrogen (secondary N) is 2. The molecule has 0 fully saturated rings. The summed E-state index contributed by atoms with van der Waals surface area (Å²) in [7, 11) is -1.47. The molecule has 0 aliphatic carbocycles. The number of nitrogens with zero attached hydrogens (tertiary/aromatic N) is 2. The van der Waals surface area contributed by atoms with Crippen LogP contribution >= 0.6 is 23.2 Å². The van der Waals surface area contributed by atoms with Crippen LogP contribution in [0.3, 0.4) is 0 Å². The first kappa shape index (κ1) is 15.8. The first-order chi connectivity index (χ1) is 11.0. The average Bonchev–Trinajstić information content (AvgIpc) is 2.92. The Labute approximate surface area is 144 Å². The van der Waals surface area contributed by atoms with Gasteiger partial charge in [0.2, 0.25) is 11.9 Å². The zero-order valence-corrected chi connectivity index (χ0v) is 13.9. The van der Waals surface area contributed by atoms with Crippen molar-refractivity contribution in [1.29, 1.82) is 0 Å². The topological polar surface area (TPSA) is 96.7 Å². The Morgan fingerprint density at radius 1 is 1.13 bits per heavy atom. The summed E-state index contributed by atoms with van der Waals surface area (Å²) in [5.41, 5.74) is 6.02. The number of aromatic amines is 1. The molecule has 0 radical (unpaired) electrons. The fourth-order valence-corrected chi connectivity index (χ4v) is 3.95. The summed E-state index contributed by atoms with van der Waals surface area (Å²) in [6, 6.07) is 12.2. The fourth-order valence-electron chi connectivity index (χ4n) is 1.93. The normalized spacial score (nSPS) is 12.1. The molecule has 0 aliphatic rings. The Morgan fingerprint density at radius 2 is 1.78 bits per heavy atom. The van der Waals surface area contributed by atoms with Crippen LogP contribution in [0.25, 0.3) is 0 Å². The molecule has 1 heterocycles. The maximum Gasteiger partial charge on any atom is 0.248 e. The summed E-state index contributed by atoms with van der Waals surface area (Å²) in [6.45, 7) is 0. The molecule has 1 atom stereocenters. The van der Waals surface area contributed by atoms with Crippen molar-refractivity contribution in [3.63, 3.8) is 0 Å². The third-order valence-electron chi connectivity index (χ3n) is 2.90. The zero-order valence-electron chi connectivity index (χ0n) is 11.6. The quantitative estimate of drug-likeness (QED) is 0.654. The molecule has 3 aromatic rings. The maximum atomic E-state index is 12.6. The van der Waals surface area contributed by atoms with Gasteiger partial charge in [-0.2, -0.15) is 4.98 Å². The Hall–Kier alpha value is -2.09. The number of rotatable bonds is 4. The van der Waals surface area contributed by atoms with Crippen LogP contribution in [0.2, 0.25) is 10.0 Å². The molecule has 23 heavy (non-hydrogen) atoms. The van der Waals surface area contributed by atoms with E-state index >= 15 is 0 Å². The molecular formula is C14H11Cl2N5OS. The van der Waals surface area contributed by atoms with Crippen molar-refractivity contribution >= 4 is 51.6 Å². The zero-order chi connectivity index (χ0) is 16.4. The molecule has 1 unspecified atom stereocenters. The molecule has 4 N–H and O–H groups in total. The minimum Gasteiger partial charge on any atom is -0.368 e. The molecular weight excluding hydrogens is 357 g/mol. The number of nitrogen functional groups attached to an aromatic ring is 1. The molecule has 9 heteroatoms. The van der Waals surface area contributed by atoms with E-state index in [0.717, 1.165) is 0 Å². The van der Waals surface area contributed by atoms with Crippen molar-refractivity contribution < 1.29 is 4.21 Å². The minimum atomic E-state index is -1.47. The van der Waals surface area contributed by atoms with Crippen molar-refractivity contribution in [2.75, 3.05) is 11.1 Å². The monoisotopic (exact) mass is 367 g/mol. The molecule has 0 saturated heterocycles. The van der Waals surface area contributed by atoms with Crippen molar-refractivity contribution in [3.8, 4) is 0 Å². The average molecular weight is 368 g/mol. The number of aromatic nitrogens is 3. The second-order valence-corrected chi connectivity index (χ2v) is 6.75. The van der Waals surface area contributed by atoms with Crippen molar-refractivity contribution in [2.24, 2.45) is 0 Å². The number of anilines is 3. The van der Waals surface area contributed by atoms with E-state index in [-0.39, 0.29) is 21.9 Å². The van der Waals surface area contributed by atoms with Crippen molar-refractivity contribution in [2.45, 2.75) is 9.79 Å². The highest BCUT2D eigenvalue weighted by Crippen LogP contribution is 2.34. The van der Waals surface area contributed by atoms with Gasteiger partial charge < -0.3 is 11.1 Å². The lowest BCUT2D eigenvalue weighted by Crippen LogP contribution is -1.98. The van der Waals surface area contributed by atoms with Gasteiger partial charge in [0.1, 0.15) is 0 Å². The van der Waals surface area contributed by atoms with E-state index in [1.807, 2.05) is 6.07 Å². The third-order valence-corrected chi connectivity index (χ3v) is 5.23. The van der Waals surface area contributed by atoms with Gasteiger partial charge in [0.15, 0.2) is 0 Å². The van der Waals surface area contributed by atoms with Gasteiger partial charge in [-0.3, -0.25) is 0 Å². The van der Waals surface area contributed by atoms with Crippen LogP contribution in [0, 0.1) is 0 Å². The molecule has 0 bridgehead atoms. The predicted molar refractivity (Wildman–Crippen MR) is 91.7 cm³/mol. The van der Waals surface area contributed by atoms with Crippen LogP contribution in [0.15, 0.2) is 52.3 Å². The molecule has 2 aromatic carbocycles. The summed E-state index contributed by atoms with van der Waals surface area (Å²) in [4.78, 5) is 4.91. The van der Waals surface area contributed by atoms with E-state index in [2.05, 4.69) is 20.5 Å². The van der Waals surface area contributed by atoms with Gasteiger partial charge in [0, 0.05) is 10.6 Å². The van der Waals surface area contributed by atoms with Gasteiger partial charge in [-0.25, -0.2) is 9.31 Å². The lowest BCUT2D eigenvalue weighted by atomic mass is 10.3. The summed E-state index contributed by atoms with van der Waals surface area (Å²) in [5.74, 6) is 0.470. The highest BCUT2D eigenvalue weighted by atomic mass is 35.5. The second kappa shape index (κ2) is 6.57. The Balaban J connectivity index is 1.93. The van der Waals surface area contributed by atoms with Gasteiger partial charge in [-0.05, 0) is 24.3 Å². The van der Waals surface area contributed by atoms with Crippen molar-refractivity contribution in [1.82, 2.24) is 15.2 Å². The summed E-state index contributed by atoms with van der Waals surface area (Å²) in [6.07, 6.45) is 0. The smallest absolute Gasteiger partial charge is 0.248 e. The number of hydrogen-bond acceptors (Lipinski definition) is 5. The standard InChI is InChI=1S/C14H11Cl2N5OS/c15-10-6-8(18-14-19-13(17)20-21-14)7-11(16)12(10)23(22)9-4-2-1-3-5-9/h1-7H,(H4,17,18,19,20,21). The first-order valence-corrected chi connectivity index (χ1v) is 8.36. The van der Waals surface area contributed by atoms with Crippen molar-refractivity contribution in [3.05, 3.63) is 52.5 Å². The van der Waals surface area contributed by atoms with Crippen LogP contribution in [-0.4, -0.2) is 19.4 Å². The molecule has 6 nitrogen and oxygen atoms in total. The number of nitrogens with two attached hydrogens (primary N) is 1. The molecule has 0 amide bonds. The van der Waals surface area contributed by atoms with E-state index in [0.29, 0.717) is 15.5 Å². The Morgan fingerprint density at radius 3 is 2.35 bits per heavy atom. The van der Waals surface area contributed by atoms with E-state index < -0.39 is 10.8 Å². The van der Waals surface area contributed by atoms with E-state index in [4.69, 9.17) is 28.9 Å². The summed E-state index contributed by atoms with van der Waals surface area (Å²) in [5, 5.41) is 9.84. The summed E-state index contributed by atoms with van der Waals surface area (Å²) < 4.78 is 12.6. The number of halogens is 2. The highest BCUT2D eigenvalue weighted by molar-refractivity contribution is 7.85. The van der Waals surface area contributed by atoms with E-state index in [1.165, 1.54) is 0 Å². The van der Waals surface area contributed by atoms with Crippen LogP contribution in [-0.2, 0) is 10.8 Å². The number of hydrogen-bond donors (Lipinski definition) is 3. The van der Waals surface area contributed by atoms with Gasteiger partial charge in [0.25, 0.3) is 0 Å². The van der Waals surface area contributed by atoms with Crippen LogP contribution < -0.4 is 11.1 Å². The van der Waals surface area contributed by atoms with Gasteiger partial charge in [0.05, 0.1) is 25.7 Å². The third kappa shape index (κ3) is 3.47. The van der Waals surface area contributed by atoms with Crippen LogP contribution in [0.4, 0.5) is 17.6 Å². The largest absolute Gasteiger partial charge is 0.368 e. The lowest BCUT2D eigenvalue weighted by molar-refractivity contribution is 0.683. The van der Waals surface area contributed by atoms with Crippen LogP contribution in [0.1, 0.15) is 0 Å². The molecule has 0 saturated carbocycles. The highest BCUT2D eigenvalue weighted by Gasteiger charge is 2.17. The first-order valence-electron chi connectivity index (χ1n) is 6.45. The molecule has 0 aliphatic heterocycles. The van der Waals surface area contributed by atoms with E-state index in [9.17, 15) is 4.21 Å². The molecule has 118 valence electrons. The number of H-pyrrole nitrogens is 1. The maximum absolute atomic E-state index is 12.6. The van der Waals surface area contributed by atoms with Gasteiger partial charge in [-0.1, -0.05) is 41.4 Å². The predicted octanol–water partition coefficient (Wildman–Crippen LogP) is 3.60. The van der Waals surface area contributed by atoms with Gasteiger partial charge in [-0.15, -0.1) is 5.10 Å². The second-order valence-electron chi connectivity index (χ2n) is 4.52. The molecule has 0 spiro atoms. The SMILES string of the molecule is Nc1nc(Nc2cc(Cl)c(S(=O)c3ccccc3)c(Cl)c2)n[nH]1. The minimum absolute atomic E-state index is 0.187. The van der Waals surface area contributed by atoms with Gasteiger partial charge >= 0.3 is 0 Å². The Kier molecular flexibility index (Phi) is 4.51. The fraction of sp³-hybridized carbons (Fsp3) is 0. The van der Waals surface area contributed by atoms with Crippen LogP contribution in [0.5, 0.6) is 0 Å². The van der Waals surface area contributed by atoms with E-state index in [1.54, 1.807) is 36.4 Å². The summed E-state index contributed by atoms with van der Waals surface area (Å²) >= 11 is 12.5.